The zero-order chi connectivity index (χ0) is 18.9. The van der Waals surface area contributed by atoms with Crippen LogP contribution in [0.3, 0.4) is 0 Å². The molecule has 9 heteroatoms. The maximum absolute atomic E-state index is 11.8. The van der Waals surface area contributed by atoms with Gasteiger partial charge < -0.3 is 15.5 Å². The number of anilines is 1. The Bertz CT molecular complexity index is 684. The van der Waals surface area contributed by atoms with E-state index in [4.69, 9.17) is 11.6 Å². The van der Waals surface area contributed by atoms with Gasteiger partial charge in [-0.1, -0.05) is 41.7 Å². The van der Waals surface area contributed by atoms with E-state index in [9.17, 15) is 4.79 Å². The number of benzene rings is 1. The molecule has 3 N–H and O–H groups in total. The van der Waals surface area contributed by atoms with Crippen molar-refractivity contribution >= 4 is 23.6 Å². The first kappa shape index (κ1) is 19.4. The second-order valence-corrected chi connectivity index (χ2v) is 7.31. The van der Waals surface area contributed by atoms with Crippen LogP contribution in [0.1, 0.15) is 37.7 Å². The molecular weight excluding hydrogens is 366 g/mol. The number of aromatic nitrogens is 4. The van der Waals surface area contributed by atoms with Gasteiger partial charge in [0.1, 0.15) is 0 Å². The van der Waals surface area contributed by atoms with Crippen LogP contribution in [-0.4, -0.2) is 46.3 Å². The molecule has 2 amide bonds. The highest BCUT2D eigenvalue weighted by Gasteiger charge is 2.21. The van der Waals surface area contributed by atoms with E-state index in [1.165, 1.54) is 6.42 Å². The van der Waals surface area contributed by atoms with E-state index in [2.05, 4.69) is 36.2 Å². The standard InChI is InChI=1S/C18H26ClN7O/c19-16-6-4-15(5-7-16)13-21-18(27)20-10-2-1-3-14-8-11-26(12-9-14)17-22-24-25-23-17/h4-7,14H,1-3,8-13H2,(H2,20,21,27)(H,22,23,24,25). The Morgan fingerprint density at radius 2 is 1.96 bits per heavy atom. The SMILES string of the molecule is O=C(NCCCCC1CCN(c2nn[nH]n2)CC1)NCc1ccc(Cl)cc1. The number of unbranched alkanes of at least 4 members (excludes halogenated alkanes) is 1. The highest BCUT2D eigenvalue weighted by Crippen LogP contribution is 2.24. The van der Waals surface area contributed by atoms with E-state index in [1.54, 1.807) is 0 Å². The van der Waals surface area contributed by atoms with Crippen molar-refractivity contribution in [3.63, 3.8) is 0 Å². The lowest BCUT2D eigenvalue weighted by atomic mass is 9.92. The normalized spacial score (nSPS) is 14.9. The first-order chi connectivity index (χ1) is 13.2. The van der Waals surface area contributed by atoms with Crippen LogP contribution in [-0.2, 0) is 6.54 Å². The van der Waals surface area contributed by atoms with Gasteiger partial charge in [-0.2, -0.15) is 5.21 Å². The number of nitrogens with one attached hydrogen (secondary N) is 3. The van der Waals surface area contributed by atoms with E-state index >= 15 is 0 Å². The quantitative estimate of drug-likeness (QED) is 0.601. The van der Waals surface area contributed by atoms with E-state index in [0.29, 0.717) is 24.1 Å². The van der Waals surface area contributed by atoms with Gasteiger partial charge in [0.25, 0.3) is 5.95 Å². The van der Waals surface area contributed by atoms with Crippen molar-refractivity contribution in [3.8, 4) is 0 Å². The highest BCUT2D eigenvalue weighted by molar-refractivity contribution is 6.30. The Kier molecular flexibility index (Phi) is 7.27. The second-order valence-electron chi connectivity index (χ2n) is 6.87. The van der Waals surface area contributed by atoms with E-state index in [1.807, 2.05) is 24.3 Å². The molecule has 2 heterocycles. The number of urea groups is 1. The van der Waals surface area contributed by atoms with Crippen molar-refractivity contribution in [2.75, 3.05) is 24.5 Å². The van der Waals surface area contributed by atoms with Crippen LogP contribution in [0.15, 0.2) is 24.3 Å². The van der Waals surface area contributed by atoms with Crippen LogP contribution in [0.5, 0.6) is 0 Å². The average Bonchev–Trinajstić information content (AvgIpc) is 3.22. The summed E-state index contributed by atoms with van der Waals surface area (Å²) >= 11 is 5.85. The summed E-state index contributed by atoms with van der Waals surface area (Å²) in [5.74, 6) is 1.44. The van der Waals surface area contributed by atoms with Crippen molar-refractivity contribution < 1.29 is 4.79 Å². The van der Waals surface area contributed by atoms with Gasteiger partial charge in [-0.05, 0) is 48.1 Å². The lowest BCUT2D eigenvalue weighted by Crippen LogP contribution is -2.36. The number of carbonyl (C=O) groups excluding carboxylic acids is 1. The molecular formula is C18H26ClN7O. The predicted octanol–water partition coefficient (Wildman–Crippen LogP) is 2.74. The van der Waals surface area contributed by atoms with Gasteiger partial charge in [-0.25, -0.2) is 4.79 Å². The number of rotatable bonds is 8. The summed E-state index contributed by atoms with van der Waals surface area (Å²) in [6, 6.07) is 7.34. The van der Waals surface area contributed by atoms with Crippen LogP contribution in [0.25, 0.3) is 0 Å². The summed E-state index contributed by atoms with van der Waals surface area (Å²) in [6.07, 6.45) is 5.64. The number of tetrazole rings is 1. The Hall–Kier alpha value is -2.35. The molecule has 1 aliphatic heterocycles. The summed E-state index contributed by atoms with van der Waals surface area (Å²) in [5, 5.41) is 20.6. The molecule has 1 fully saturated rings. The fraction of sp³-hybridized carbons (Fsp3) is 0.556. The third-order valence-corrected chi connectivity index (χ3v) is 5.17. The van der Waals surface area contributed by atoms with Gasteiger partial charge in [0.2, 0.25) is 0 Å². The summed E-state index contributed by atoms with van der Waals surface area (Å²) in [6.45, 7) is 3.17. The van der Waals surface area contributed by atoms with Gasteiger partial charge >= 0.3 is 6.03 Å². The zero-order valence-corrected chi connectivity index (χ0v) is 16.1. The smallest absolute Gasteiger partial charge is 0.315 e. The molecule has 1 aromatic carbocycles. The van der Waals surface area contributed by atoms with Crippen molar-refractivity contribution in [1.82, 2.24) is 31.3 Å². The Labute approximate surface area is 164 Å². The van der Waals surface area contributed by atoms with Crippen LogP contribution < -0.4 is 15.5 Å². The number of amides is 2. The lowest BCUT2D eigenvalue weighted by Gasteiger charge is -2.30. The largest absolute Gasteiger partial charge is 0.338 e. The first-order valence-electron chi connectivity index (χ1n) is 9.45. The zero-order valence-electron chi connectivity index (χ0n) is 15.3. The molecule has 0 spiro atoms. The van der Waals surface area contributed by atoms with Crippen LogP contribution in [0, 0.1) is 5.92 Å². The van der Waals surface area contributed by atoms with Crippen LogP contribution in [0.4, 0.5) is 10.7 Å². The number of hydrogen-bond acceptors (Lipinski definition) is 5. The fourth-order valence-electron chi connectivity index (χ4n) is 3.32. The Morgan fingerprint density at radius 3 is 2.67 bits per heavy atom. The summed E-state index contributed by atoms with van der Waals surface area (Å²) < 4.78 is 0. The number of halogens is 1. The number of hydrogen-bond donors (Lipinski definition) is 3. The topological polar surface area (TPSA) is 98.8 Å². The molecule has 1 saturated heterocycles. The monoisotopic (exact) mass is 391 g/mol. The summed E-state index contributed by atoms with van der Waals surface area (Å²) in [5.41, 5.74) is 1.03. The number of aromatic amines is 1. The maximum atomic E-state index is 11.8. The minimum Gasteiger partial charge on any atom is -0.338 e. The van der Waals surface area contributed by atoms with Crippen molar-refractivity contribution in [3.05, 3.63) is 34.9 Å². The van der Waals surface area contributed by atoms with Crippen molar-refractivity contribution in [2.45, 2.75) is 38.6 Å². The molecule has 0 aliphatic carbocycles. The molecule has 0 atom stereocenters. The molecule has 146 valence electrons. The molecule has 0 saturated carbocycles. The van der Waals surface area contributed by atoms with E-state index in [0.717, 1.165) is 50.3 Å². The summed E-state index contributed by atoms with van der Waals surface area (Å²) in [7, 11) is 0. The van der Waals surface area contributed by atoms with Gasteiger partial charge in [0.05, 0.1) is 0 Å². The van der Waals surface area contributed by atoms with Gasteiger partial charge in [-0.3, -0.25) is 0 Å². The van der Waals surface area contributed by atoms with E-state index < -0.39 is 0 Å². The van der Waals surface area contributed by atoms with Gasteiger partial charge in [0, 0.05) is 31.2 Å². The minimum absolute atomic E-state index is 0.127. The third kappa shape index (κ3) is 6.39. The number of piperidine rings is 1. The van der Waals surface area contributed by atoms with E-state index in [-0.39, 0.29) is 6.03 Å². The Balaban J connectivity index is 1.21. The summed E-state index contributed by atoms with van der Waals surface area (Å²) in [4.78, 5) is 14.0. The number of nitrogens with zero attached hydrogens (tertiary/aromatic N) is 4. The van der Waals surface area contributed by atoms with Crippen LogP contribution >= 0.6 is 11.6 Å². The maximum Gasteiger partial charge on any atom is 0.315 e. The molecule has 1 aliphatic rings. The molecule has 27 heavy (non-hydrogen) atoms. The molecule has 1 aromatic heterocycles. The van der Waals surface area contributed by atoms with Gasteiger partial charge in [0.15, 0.2) is 0 Å². The fourth-order valence-corrected chi connectivity index (χ4v) is 3.45. The minimum atomic E-state index is -0.127. The molecule has 0 unspecified atom stereocenters. The number of H-pyrrole nitrogens is 1. The third-order valence-electron chi connectivity index (χ3n) is 4.92. The molecule has 3 rings (SSSR count). The lowest BCUT2D eigenvalue weighted by molar-refractivity contribution is 0.240. The number of carbonyl (C=O) groups is 1. The molecule has 2 aromatic rings. The highest BCUT2D eigenvalue weighted by atomic mass is 35.5. The molecule has 0 bridgehead atoms. The van der Waals surface area contributed by atoms with Crippen LogP contribution in [0.2, 0.25) is 5.02 Å². The molecule has 0 radical (unpaired) electrons. The second kappa shape index (κ2) is 10.1. The Morgan fingerprint density at radius 1 is 1.19 bits per heavy atom. The first-order valence-corrected chi connectivity index (χ1v) is 9.83. The molecule has 8 nitrogen and oxygen atoms in total. The van der Waals surface area contributed by atoms with Gasteiger partial charge in [-0.15, -0.1) is 5.10 Å². The van der Waals surface area contributed by atoms with Crippen molar-refractivity contribution in [2.24, 2.45) is 5.92 Å². The predicted molar refractivity (Wildman–Crippen MR) is 105 cm³/mol. The average molecular weight is 392 g/mol. The van der Waals surface area contributed by atoms with Crippen molar-refractivity contribution in [1.29, 1.82) is 0 Å².